The molecule has 1 fully saturated rings. The maximum absolute atomic E-state index is 11.0. The number of anilines is 1. The lowest BCUT2D eigenvalue weighted by Gasteiger charge is -2.27. The van der Waals surface area contributed by atoms with E-state index >= 15 is 0 Å². The number of para-hydroxylation sites is 1. The van der Waals surface area contributed by atoms with E-state index in [0.29, 0.717) is 6.04 Å². The molecule has 0 bridgehead atoms. The maximum Gasteiger partial charge on any atom is 0.221 e. The van der Waals surface area contributed by atoms with Crippen LogP contribution in [0, 0.1) is 0 Å². The second kappa shape index (κ2) is 5.12. The minimum atomic E-state index is -0.0175. The van der Waals surface area contributed by atoms with E-state index in [0.717, 1.165) is 17.8 Å². The Morgan fingerprint density at radius 3 is 2.75 bits per heavy atom. The fourth-order valence-corrected chi connectivity index (χ4v) is 1.85. The lowest BCUT2D eigenvalue weighted by atomic mass is 9.93. The van der Waals surface area contributed by atoms with Crippen LogP contribution in [0.5, 0.6) is 0 Å². The minimum Gasteiger partial charge on any atom is -0.326 e. The molecule has 0 aliphatic heterocycles. The zero-order chi connectivity index (χ0) is 11.4. The summed E-state index contributed by atoms with van der Waals surface area (Å²) in [5.41, 5.74) is 2.08. The number of nitrogens with one attached hydrogen (secondary N) is 2. The Bertz CT molecular complexity index is 372. The summed E-state index contributed by atoms with van der Waals surface area (Å²) < 4.78 is 0. The molecule has 0 radical (unpaired) electrons. The summed E-state index contributed by atoms with van der Waals surface area (Å²) in [6.07, 6.45) is 3.90. The van der Waals surface area contributed by atoms with Gasteiger partial charge in [0.15, 0.2) is 0 Å². The predicted molar refractivity (Wildman–Crippen MR) is 65.2 cm³/mol. The van der Waals surface area contributed by atoms with Crippen molar-refractivity contribution in [2.45, 2.75) is 38.8 Å². The average Bonchev–Trinajstić information content (AvgIpc) is 2.17. The Labute approximate surface area is 96.2 Å². The highest BCUT2D eigenvalue weighted by Gasteiger charge is 2.16. The van der Waals surface area contributed by atoms with Gasteiger partial charge >= 0.3 is 0 Å². The van der Waals surface area contributed by atoms with Crippen LogP contribution < -0.4 is 10.6 Å². The summed E-state index contributed by atoms with van der Waals surface area (Å²) in [7, 11) is 0. The van der Waals surface area contributed by atoms with Crippen molar-refractivity contribution in [3.8, 4) is 0 Å². The molecule has 1 aromatic carbocycles. The first-order valence-corrected chi connectivity index (χ1v) is 5.84. The molecule has 1 saturated carbocycles. The molecule has 1 aliphatic carbocycles. The van der Waals surface area contributed by atoms with Gasteiger partial charge in [0.25, 0.3) is 0 Å². The molecule has 3 nitrogen and oxygen atoms in total. The van der Waals surface area contributed by atoms with E-state index in [2.05, 4.69) is 16.7 Å². The van der Waals surface area contributed by atoms with Crippen LogP contribution in [-0.4, -0.2) is 11.9 Å². The number of rotatable bonds is 4. The number of carbonyl (C=O) groups excluding carboxylic acids is 1. The molecule has 3 heteroatoms. The summed E-state index contributed by atoms with van der Waals surface area (Å²) in [6.45, 7) is 2.37. The third kappa shape index (κ3) is 2.83. The first-order chi connectivity index (χ1) is 7.75. The second-order valence-electron chi connectivity index (χ2n) is 4.35. The molecule has 1 aliphatic rings. The Morgan fingerprint density at radius 2 is 2.12 bits per heavy atom. The standard InChI is InChI=1S/C13H18N2O/c1-10(16)15-13-8-3-2-5-11(13)9-14-12-6-4-7-12/h2-3,5,8,12,14H,4,6-7,9H2,1H3,(H,15,16). The molecule has 1 amide bonds. The van der Waals surface area contributed by atoms with Crippen LogP contribution in [0.25, 0.3) is 0 Å². The van der Waals surface area contributed by atoms with Gasteiger partial charge in [-0.3, -0.25) is 4.79 Å². The largest absolute Gasteiger partial charge is 0.326 e. The van der Waals surface area contributed by atoms with Crippen LogP contribution in [0.1, 0.15) is 31.7 Å². The smallest absolute Gasteiger partial charge is 0.221 e. The van der Waals surface area contributed by atoms with Gasteiger partial charge in [-0.15, -0.1) is 0 Å². The van der Waals surface area contributed by atoms with Crippen molar-refractivity contribution in [2.24, 2.45) is 0 Å². The Balaban J connectivity index is 1.97. The van der Waals surface area contributed by atoms with Crippen molar-refractivity contribution >= 4 is 11.6 Å². The molecule has 0 atom stereocenters. The second-order valence-corrected chi connectivity index (χ2v) is 4.35. The highest BCUT2D eigenvalue weighted by molar-refractivity contribution is 5.89. The fourth-order valence-electron chi connectivity index (χ4n) is 1.85. The Morgan fingerprint density at radius 1 is 1.38 bits per heavy atom. The molecule has 2 rings (SSSR count). The summed E-state index contributed by atoms with van der Waals surface area (Å²) in [4.78, 5) is 11.0. The van der Waals surface area contributed by atoms with Crippen LogP contribution in [0.15, 0.2) is 24.3 Å². The van der Waals surface area contributed by atoms with Crippen molar-refractivity contribution in [1.29, 1.82) is 0 Å². The molecule has 0 spiro atoms. The number of amides is 1. The molecule has 2 N–H and O–H groups in total. The van der Waals surface area contributed by atoms with E-state index in [4.69, 9.17) is 0 Å². The van der Waals surface area contributed by atoms with Gasteiger partial charge in [-0.25, -0.2) is 0 Å². The van der Waals surface area contributed by atoms with Gasteiger partial charge in [0.1, 0.15) is 0 Å². The van der Waals surface area contributed by atoms with E-state index in [9.17, 15) is 4.79 Å². The molecule has 0 heterocycles. The fraction of sp³-hybridized carbons (Fsp3) is 0.462. The van der Waals surface area contributed by atoms with Crippen molar-refractivity contribution in [3.05, 3.63) is 29.8 Å². The van der Waals surface area contributed by atoms with Crippen molar-refractivity contribution < 1.29 is 4.79 Å². The van der Waals surface area contributed by atoms with Gasteiger partial charge in [0, 0.05) is 25.2 Å². The van der Waals surface area contributed by atoms with E-state index in [-0.39, 0.29) is 5.91 Å². The van der Waals surface area contributed by atoms with Crippen molar-refractivity contribution in [2.75, 3.05) is 5.32 Å². The first-order valence-electron chi connectivity index (χ1n) is 5.84. The molecule has 0 aromatic heterocycles. The number of hydrogen-bond donors (Lipinski definition) is 2. The molecule has 0 saturated heterocycles. The zero-order valence-electron chi connectivity index (χ0n) is 9.62. The summed E-state index contributed by atoms with van der Waals surface area (Å²) in [5.74, 6) is -0.0175. The summed E-state index contributed by atoms with van der Waals surface area (Å²) in [6, 6.07) is 8.61. The molecule has 16 heavy (non-hydrogen) atoms. The summed E-state index contributed by atoms with van der Waals surface area (Å²) in [5, 5.41) is 6.35. The van der Waals surface area contributed by atoms with Crippen molar-refractivity contribution in [1.82, 2.24) is 5.32 Å². The Hall–Kier alpha value is -1.35. The van der Waals surface area contributed by atoms with E-state index in [1.807, 2.05) is 18.2 Å². The van der Waals surface area contributed by atoms with Crippen molar-refractivity contribution in [3.63, 3.8) is 0 Å². The van der Waals surface area contributed by atoms with Crippen LogP contribution in [0.2, 0.25) is 0 Å². The maximum atomic E-state index is 11.0. The highest BCUT2D eigenvalue weighted by atomic mass is 16.1. The topological polar surface area (TPSA) is 41.1 Å². The monoisotopic (exact) mass is 218 g/mol. The van der Waals surface area contributed by atoms with Gasteiger partial charge < -0.3 is 10.6 Å². The molecule has 1 aromatic rings. The lowest BCUT2D eigenvalue weighted by molar-refractivity contribution is -0.114. The van der Waals surface area contributed by atoms with Crippen LogP contribution in [0.3, 0.4) is 0 Å². The third-order valence-electron chi connectivity index (χ3n) is 3.01. The summed E-state index contributed by atoms with van der Waals surface area (Å²) >= 11 is 0. The van der Waals surface area contributed by atoms with Gasteiger partial charge in [0.05, 0.1) is 0 Å². The van der Waals surface area contributed by atoms with Crippen LogP contribution >= 0.6 is 0 Å². The Kier molecular flexibility index (Phi) is 3.57. The van der Waals surface area contributed by atoms with Crippen LogP contribution in [0.4, 0.5) is 5.69 Å². The molecule has 86 valence electrons. The normalized spacial score (nSPS) is 15.6. The number of benzene rings is 1. The van der Waals surface area contributed by atoms with E-state index < -0.39 is 0 Å². The third-order valence-corrected chi connectivity index (χ3v) is 3.01. The lowest BCUT2D eigenvalue weighted by Crippen LogP contribution is -2.34. The molecular formula is C13H18N2O. The van der Waals surface area contributed by atoms with Gasteiger partial charge in [-0.2, -0.15) is 0 Å². The number of carbonyl (C=O) groups is 1. The SMILES string of the molecule is CC(=O)Nc1ccccc1CNC1CCC1. The molecular weight excluding hydrogens is 200 g/mol. The molecule has 0 unspecified atom stereocenters. The average molecular weight is 218 g/mol. The highest BCUT2D eigenvalue weighted by Crippen LogP contribution is 2.20. The van der Waals surface area contributed by atoms with Gasteiger partial charge in [-0.05, 0) is 24.5 Å². The van der Waals surface area contributed by atoms with E-state index in [1.165, 1.54) is 26.2 Å². The van der Waals surface area contributed by atoms with Gasteiger partial charge in [-0.1, -0.05) is 24.6 Å². The van der Waals surface area contributed by atoms with Crippen LogP contribution in [-0.2, 0) is 11.3 Å². The first kappa shape index (κ1) is 11.1. The zero-order valence-corrected chi connectivity index (χ0v) is 9.62. The quantitative estimate of drug-likeness (QED) is 0.814. The number of hydrogen-bond acceptors (Lipinski definition) is 2. The minimum absolute atomic E-state index is 0.0175. The predicted octanol–water partition coefficient (Wildman–Crippen LogP) is 2.29. The van der Waals surface area contributed by atoms with E-state index in [1.54, 1.807) is 0 Å². The van der Waals surface area contributed by atoms with Gasteiger partial charge in [0.2, 0.25) is 5.91 Å².